The van der Waals surface area contributed by atoms with Crippen LogP contribution in [0.15, 0.2) is 48.2 Å². The van der Waals surface area contributed by atoms with E-state index in [1.807, 2.05) is 0 Å². The molecule has 0 saturated heterocycles. The summed E-state index contributed by atoms with van der Waals surface area (Å²) < 4.78 is 0. The summed E-state index contributed by atoms with van der Waals surface area (Å²) in [6.07, 6.45) is 10.0. The third-order valence-corrected chi connectivity index (χ3v) is 3.55. The van der Waals surface area contributed by atoms with Crippen molar-refractivity contribution in [2.45, 2.75) is 6.42 Å². The predicted molar refractivity (Wildman–Crippen MR) is 77.5 cm³/mol. The molecule has 0 spiro atoms. The molecule has 0 aliphatic carbocycles. The van der Waals surface area contributed by atoms with Crippen molar-refractivity contribution in [3.05, 3.63) is 53.8 Å². The van der Waals surface area contributed by atoms with Gasteiger partial charge in [0.25, 0.3) is 0 Å². The normalized spacial score (nSPS) is 17.5. The lowest BCUT2D eigenvalue weighted by Gasteiger charge is -2.20. The summed E-state index contributed by atoms with van der Waals surface area (Å²) in [5.74, 6) is 0. The number of hydrogen-bond acceptors (Lipinski definition) is 1. The number of aromatic amines is 1. The topological polar surface area (TPSA) is 19.0 Å². The number of aromatic nitrogens is 1. The van der Waals surface area contributed by atoms with Crippen LogP contribution in [0.2, 0.25) is 0 Å². The average Bonchev–Trinajstić information content (AvgIpc) is 2.82. The zero-order valence-electron chi connectivity index (χ0n) is 10.7. The number of H-pyrrole nitrogens is 1. The predicted octanol–water partition coefficient (Wildman–Crippen LogP) is 3.44. The molecule has 1 aliphatic rings. The summed E-state index contributed by atoms with van der Waals surface area (Å²) >= 11 is 0. The summed E-state index contributed by atoms with van der Waals surface area (Å²) in [4.78, 5) is 5.64. The average molecular weight is 238 g/mol. The number of nitrogens with one attached hydrogen (secondary N) is 1. The molecule has 0 fully saturated rings. The quantitative estimate of drug-likeness (QED) is 0.849. The molecule has 1 aliphatic heterocycles. The smallest absolute Gasteiger partial charge is 0.0460 e. The first kappa shape index (κ1) is 11.3. The molecule has 2 nitrogen and oxygen atoms in total. The second-order valence-electron chi connectivity index (χ2n) is 4.91. The van der Waals surface area contributed by atoms with Crippen LogP contribution >= 0.6 is 0 Å². The second-order valence-corrected chi connectivity index (χ2v) is 4.91. The van der Waals surface area contributed by atoms with E-state index in [0.29, 0.717) is 0 Å². The molecule has 0 bridgehead atoms. The highest BCUT2D eigenvalue weighted by Gasteiger charge is 2.05. The van der Waals surface area contributed by atoms with Crippen LogP contribution in [0.5, 0.6) is 0 Å². The Morgan fingerprint density at radius 3 is 2.94 bits per heavy atom. The Morgan fingerprint density at radius 1 is 1.22 bits per heavy atom. The highest BCUT2D eigenvalue weighted by atomic mass is 15.1. The van der Waals surface area contributed by atoms with Crippen LogP contribution in [0, 0.1) is 0 Å². The first-order chi connectivity index (χ1) is 8.83. The number of allylic oxidation sites excluding steroid dienone is 1. The van der Waals surface area contributed by atoms with Gasteiger partial charge in [0.1, 0.15) is 0 Å². The van der Waals surface area contributed by atoms with Crippen molar-refractivity contribution < 1.29 is 0 Å². The Hall–Kier alpha value is -1.80. The number of fused-ring (bicyclic) bond motifs is 1. The molecule has 2 heteroatoms. The lowest BCUT2D eigenvalue weighted by atomic mass is 10.1. The van der Waals surface area contributed by atoms with Gasteiger partial charge in [-0.25, -0.2) is 0 Å². The van der Waals surface area contributed by atoms with Crippen LogP contribution in [0.25, 0.3) is 17.0 Å². The molecule has 92 valence electrons. The van der Waals surface area contributed by atoms with E-state index in [1.54, 1.807) is 0 Å². The van der Waals surface area contributed by atoms with Crippen molar-refractivity contribution >= 4 is 17.0 Å². The van der Waals surface area contributed by atoms with E-state index in [2.05, 4.69) is 65.6 Å². The minimum atomic E-state index is 1.06. The second kappa shape index (κ2) is 4.83. The number of rotatable bonds is 2. The molecule has 1 aromatic carbocycles. The van der Waals surface area contributed by atoms with E-state index in [9.17, 15) is 0 Å². The SMILES string of the molecule is CN1CC=C(/C=C/c2c[nH]c3ccccc23)CC1. The van der Waals surface area contributed by atoms with Crippen molar-refractivity contribution in [2.75, 3.05) is 20.1 Å². The van der Waals surface area contributed by atoms with Crippen LogP contribution < -0.4 is 0 Å². The van der Waals surface area contributed by atoms with Gasteiger partial charge in [-0.2, -0.15) is 0 Å². The molecule has 0 unspecified atom stereocenters. The van der Waals surface area contributed by atoms with Gasteiger partial charge >= 0.3 is 0 Å². The maximum atomic E-state index is 3.30. The number of likely N-dealkylation sites (N-methyl/N-ethyl adjacent to an activating group) is 1. The molecule has 0 radical (unpaired) electrons. The van der Waals surface area contributed by atoms with E-state index in [0.717, 1.165) is 19.5 Å². The molecule has 1 N–H and O–H groups in total. The fraction of sp³-hybridized carbons (Fsp3) is 0.250. The molecule has 3 rings (SSSR count). The maximum Gasteiger partial charge on any atom is 0.0460 e. The summed E-state index contributed by atoms with van der Waals surface area (Å²) in [6, 6.07) is 8.42. The summed E-state index contributed by atoms with van der Waals surface area (Å²) in [5.41, 5.74) is 3.92. The molecule has 2 heterocycles. The molecule has 2 aromatic rings. The highest BCUT2D eigenvalue weighted by Crippen LogP contribution is 2.20. The van der Waals surface area contributed by atoms with Crippen LogP contribution in [0.1, 0.15) is 12.0 Å². The molecule has 18 heavy (non-hydrogen) atoms. The highest BCUT2D eigenvalue weighted by molar-refractivity contribution is 5.88. The molecule has 1 aromatic heterocycles. The van der Waals surface area contributed by atoms with Crippen LogP contribution in [0.3, 0.4) is 0 Å². The third kappa shape index (κ3) is 2.24. The standard InChI is InChI=1S/C16H18N2/c1-18-10-8-13(9-11-18)6-7-14-12-17-16-5-3-2-4-15(14)16/h2-8,12,17H,9-11H2,1H3/b7-6+. The van der Waals surface area contributed by atoms with Gasteiger partial charge in [-0.3, -0.25) is 0 Å². The number of benzene rings is 1. The molecular weight excluding hydrogens is 220 g/mol. The largest absolute Gasteiger partial charge is 0.361 e. The van der Waals surface area contributed by atoms with Gasteiger partial charge in [0.2, 0.25) is 0 Å². The maximum absolute atomic E-state index is 3.30. The van der Waals surface area contributed by atoms with E-state index < -0.39 is 0 Å². The van der Waals surface area contributed by atoms with E-state index in [1.165, 1.54) is 22.0 Å². The van der Waals surface area contributed by atoms with Crippen LogP contribution in [-0.2, 0) is 0 Å². The first-order valence-corrected chi connectivity index (χ1v) is 6.45. The van der Waals surface area contributed by atoms with Crippen molar-refractivity contribution in [3.63, 3.8) is 0 Å². The first-order valence-electron chi connectivity index (χ1n) is 6.45. The van der Waals surface area contributed by atoms with Gasteiger partial charge in [0.05, 0.1) is 0 Å². The van der Waals surface area contributed by atoms with Gasteiger partial charge < -0.3 is 9.88 Å². The summed E-state index contributed by atoms with van der Waals surface area (Å²) in [5, 5.41) is 1.29. The van der Waals surface area contributed by atoms with E-state index in [4.69, 9.17) is 0 Å². The van der Waals surface area contributed by atoms with Gasteiger partial charge in [-0.05, 0) is 30.7 Å². The molecule has 0 atom stereocenters. The molecule has 0 amide bonds. The lowest BCUT2D eigenvalue weighted by molar-refractivity contribution is 0.361. The Bertz CT molecular complexity index is 604. The van der Waals surface area contributed by atoms with Crippen molar-refractivity contribution in [1.82, 2.24) is 9.88 Å². The zero-order chi connectivity index (χ0) is 12.4. The minimum absolute atomic E-state index is 1.06. The summed E-state index contributed by atoms with van der Waals surface area (Å²) in [7, 11) is 2.16. The number of nitrogens with zero attached hydrogens (tertiary/aromatic N) is 1. The number of hydrogen-bond donors (Lipinski definition) is 1. The van der Waals surface area contributed by atoms with Gasteiger partial charge in [0, 0.05) is 30.2 Å². The monoisotopic (exact) mass is 238 g/mol. The van der Waals surface area contributed by atoms with Gasteiger partial charge in [0.15, 0.2) is 0 Å². The van der Waals surface area contributed by atoms with Crippen molar-refractivity contribution in [3.8, 4) is 0 Å². The third-order valence-electron chi connectivity index (χ3n) is 3.55. The minimum Gasteiger partial charge on any atom is -0.361 e. The van der Waals surface area contributed by atoms with Crippen molar-refractivity contribution in [2.24, 2.45) is 0 Å². The van der Waals surface area contributed by atoms with E-state index in [-0.39, 0.29) is 0 Å². The fourth-order valence-electron chi connectivity index (χ4n) is 2.37. The molecular formula is C16H18N2. The zero-order valence-corrected chi connectivity index (χ0v) is 10.7. The van der Waals surface area contributed by atoms with Crippen LogP contribution in [-0.4, -0.2) is 30.0 Å². The molecule has 0 saturated carbocycles. The Morgan fingerprint density at radius 2 is 2.11 bits per heavy atom. The Balaban J connectivity index is 1.84. The van der Waals surface area contributed by atoms with Gasteiger partial charge in [-0.15, -0.1) is 0 Å². The number of para-hydroxylation sites is 1. The Kier molecular flexibility index (Phi) is 3.03. The van der Waals surface area contributed by atoms with Crippen LogP contribution in [0.4, 0.5) is 0 Å². The lowest BCUT2D eigenvalue weighted by Crippen LogP contribution is -2.23. The summed E-state index contributed by atoms with van der Waals surface area (Å²) in [6.45, 7) is 2.22. The van der Waals surface area contributed by atoms with Crippen molar-refractivity contribution in [1.29, 1.82) is 0 Å². The Labute approximate surface area is 108 Å². The van der Waals surface area contributed by atoms with Gasteiger partial charge in [-0.1, -0.05) is 36.4 Å². The fourth-order valence-corrected chi connectivity index (χ4v) is 2.37. The van der Waals surface area contributed by atoms with E-state index >= 15 is 0 Å².